The molecule has 0 aliphatic carbocycles. The van der Waals surface area contributed by atoms with E-state index < -0.39 is 29.0 Å². The highest BCUT2D eigenvalue weighted by Gasteiger charge is 2.18. The Morgan fingerprint density at radius 3 is 2.61 bits per heavy atom. The first-order valence-corrected chi connectivity index (χ1v) is 8.53. The summed E-state index contributed by atoms with van der Waals surface area (Å²) in [5.74, 6) is -2.78. The van der Waals surface area contributed by atoms with E-state index in [4.69, 9.17) is 0 Å². The Morgan fingerprint density at radius 2 is 1.82 bits per heavy atom. The van der Waals surface area contributed by atoms with Crippen LogP contribution in [0.3, 0.4) is 0 Å². The van der Waals surface area contributed by atoms with Gasteiger partial charge in [0.2, 0.25) is 0 Å². The number of hydrazine groups is 1. The minimum absolute atomic E-state index is 0.149. The van der Waals surface area contributed by atoms with Crippen molar-refractivity contribution in [1.29, 1.82) is 0 Å². The Hall–Kier alpha value is -3.62. The van der Waals surface area contributed by atoms with Gasteiger partial charge in [0, 0.05) is 24.6 Å². The third kappa shape index (κ3) is 3.11. The third-order valence-electron chi connectivity index (χ3n) is 4.54. The molecule has 9 heteroatoms. The van der Waals surface area contributed by atoms with Gasteiger partial charge in [0.15, 0.2) is 0 Å². The van der Waals surface area contributed by atoms with Crippen molar-refractivity contribution in [3.63, 3.8) is 0 Å². The molecule has 2 heterocycles. The standard InChI is InChI=1S/C19H14F2N4O3/c20-11-4-6-12(14(21)9-11)18(27)24-23-17(26)10-3-5-13-15(8-10)22-16-2-1-7-25(16)19(13)28/h3-6,8-9H,1-2,7H2,(H,23,26)(H,24,27). The fourth-order valence-electron chi connectivity index (χ4n) is 3.15. The highest BCUT2D eigenvalue weighted by atomic mass is 19.1. The molecule has 1 aromatic heterocycles. The minimum atomic E-state index is -1.05. The zero-order chi connectivity index (χ0) is 19.8. The Kier molecular flexibility index (Phi) is 4.34. The van der Waals surface area contributed by atoms with Crippen LogP contribution in [0.5, 0.6) is 0 Å². The van der Waals surface area contributed by atoms with Crippen molar-refractivity contribution in [3.05, 3.63) is 75.3 Å². The lowest BCUT2D eigenvalue weighted by atomic mass is 10.1. The maximum Gasteiger partial charge on any atom is 0.272 e. The van der Waals surface area contributed by atoms with Crippen molar-refractivity contribution in [2.75, 3.05) is 0 Å². The second kappa shape index (κ2) is 6.84. The van der Waals surface area contributed by atoms with Gasteiger partial charge in [-0.1, -0.05) is 0 Å². The lowest BCUT2D eigenvalue weighted by molar-refractivity contribution is 0.0844. The maximum atomic E-state index is 13.6. The normalized spacial score (nSPS) is 12.6. The van der Waals surface area contributed by atoms with Gasteiger partial charge >= 0.3 is 0 Å². The first kappa shape index (κ1) is 17.8. The first-order chi connectivity index (χ1) is 13.4. The molecule has 0 saturated heterocycles. The maximum absolute atomic E-state index is 13.6. The molecule has 0 atom stereocenters. The van der Waals surface area contributed by atoms with Crippen molar-refractivity contribution in [2.24, 2.45) is 0 Å². The second-order valence-electron chi connectivity index (χ2n) is 6.35. The second-order valence-corrected chi connectivity index (χ2v) is 6.35. The van der Waals surface area contributed by atoms with Crippen LogP contribution in [-0.2, 0) is 13.0 Å². The van der Waals surface area contributed by atoms with Crippen LogP contribution < -0.4 is 16.4 Å². The summed E-state index contributed by atoms with van der Waals surface area (Å²) in [5.41, 5.74) is 4.23. The summed E-state index contributed by atoms with van der Waals surface area (Å²) in [5, 5.41) is 0.402. The fraction of sp³-hybridized carbons (Fsp3) is 0.158. The summed E-state index contributed by atoms with van der Waals surface area (Å²) in [7, 11) is 0. The SMILES string of the molecule is O=C(NNC(=O)c1ccc(F)cc1F)c1ccc2c(=O)n3c(nc2c1)CCC3. The van der Waals surface area contributed by atoms with Gasteiger partial charge in [-0.2, -0.15) is 0 Å². The Morgan fingerprint density at radius 1 is 1.04 bits per heavy atom. The van der Waals surface area contributed by atoms with Crippen LogP contribution >= 0.6 is 0 Å². The van der Waals surface area contributed by atoms with Crippen molar-refractivity contribution in [2.45, 2.75) is 19.4 Å². The molecule has 1 aliphatic heterocycles. The van der Waals surface area contributed by atoms with Gasteiger partial charge in [-0.25, -0.2) is 13.8 Å². The number of nitrogens with zero attached hydrogens (tertiary/aromatic N) is 2. The minimum Gasteiger partial charge on any atom is -0.296 e. The highest BCUT2D eigenvalue weighted by molar-refractivity contribution is 6.00. The number of halogens is 2. The van der Waals surface area contributed by atoms with E-state index in [1.807, 2.05) is 0 Å². The van der Waals surface area contributed by atoms with Crippen LogP contribution in [0.1, 0.15) is 33.0 Å². The van der Waals surface area contributed by atoms with Crippen LogP contribution in [0.4, 0.5) is 8.78 Å². The average molecular weight is 384 g/mol. The van der Waals surface area contributed by atoms with E-state index in [-0.39, 0.29) is 11.1 Å². The van der Waals surface area contributed by atoms with Crippen LogP contribution in [0, 0.1) is 11.6 Å². The van der Waals surface area contributed by atoms with E-state index in [1.54, 1.807) is 4.57 Å². The lowest BCUT2D eigenvalue weighted by Gasteiger charge is -2.09. The zero-order valence-corrected chi connectivity index (χ0v) is 14.5. The van der Waals surface area contributed by atoms with Gasteiger partial charge in [-0.3, -0.25) is 29.8 Å². The number of aromatic nitrogens is 2. The molecule has 3 aromatic rings. The number of fused-ring (bicyclic) bond motifs is 2. The number of amides is 2. The van der Waals surface area contributed by atoms with E-state index in [2.05, 4.69) is 15.8 Å². The van der Waals surface area contributed by atoms with Gasteiger partial charge in [-0.05, 0) is 36.8 Å². The van der Waals surface area contributed by atoms with E-state index in [0.717, 1.165) is 18.6 Å². The molecule has 28 heavy (non-hydrogen) atoms. The number of aryl methyl sites for hydroxylation is 1. The summed E-state index contributed by atoms with van der Waals surface area (Å²) in [6, 6.07) is 6.88. The Bertz CT molecular complexity index is 1190. The van der Waals surface area contributed by atoms with Crippen LogP contribution in [0.2, 0.25) is 0 Å². The fourth-order valence-corrected chi connectivity index (χ4v) is 3.15. The molecule has 142 valence electrons. The third-order valence-corrected chi connectivity index (χ3v) is 4.54. The van der Waals surface area contributed by atoms with Gasteiger partial charge in [-0.15, -0.1) is 0 Å². The molecule has 0 bridgehead atoms. The molecule has 4 rings (SSSR count). The number of nitrogens with one attached hydrogen (secondary N) is 2. The number of carbonyl (C=O) groups is 2. The van der Waals surface area contributed by atoms with E-state index in [0.29, 0.717) is 35.8 Å². The Balaban J connectivity index is 1.53. The van der Waals surface area contributed by atoms with Crippen LogP contribution in [0.25, 0.3) is 10.9 Å². The predicted molar refractivity (Wildman–Crippen MR) is 95.6 cm³/mol. The summed E-state index contributed by atoms with van der Waals surface area (Å²) in [4.78, 5) is 41.1. The summed E-state index contributed by atoms with van der Waals surface area (Å²) < 4.78 is 28.2. The molecular formula is C19H14F2N4O3. The molecule has 0 radical (unpaired) electrons. The van der Waals surface area contributed by atoms with Gasteiger partial charge < -0.3 is 0 Å². The summed E-state index contributed by atoms with van der Waals surface area (Å²) >= 11 is 0. The van der Waals surface area contributed by atoms with Crippen molar-refractivity contribution < 1.29 is 18.4 Å². The molecule has 2 aromatic carbocycles. The molecule has 0 saturated carbocycles. The number of rotatable bonds is 2. The van der Waals surface area contributed by atoms with Gasteiger partial charge in [0.05, 0.1) is 16.5 Å². The number of benzene rings is 2. The number of hydrogen-bond acceptors (Lipinski definition) is 4. The highest BCUT2D eigenvalue weighted by Crippen LogP contribution is 2.16. The quantitative estimate of drug-likeness (QED) is 0.658. The van der Waals surface area contributed by atoms with Crippen LogP contribution in [0.15, 0.2) is 41.2 Å². The van der Waals surface area contributed by atoms with E-state index in [9.17, 15) is 23.2 Å². The number of carbonyl (C=O) groups excluding carboxylic acids is 2. The van der Waals surface area contributed by atoms with Crippen molar-refractivity contribution in [3.8, 4) is 0 Å². The summed E-state index contributed by atoms with van der Waals surface area (Å²) in [6.45, 7) is 0.630. The van der Waals surface area contributed by atoms with Gasteiger partial charge in [0.25, 0.3) is 17.4 Å². The molecule has 1 aliphatic rings. The zero-order valence-electron chi connectivity index (χ0n) is 14.5. The Labute approximate surface area is 157 Å². The molecule has 2 N–H and O–H groups in total. The molecular weight excluding hydrogens is 370 g/mol. The molecule has 0 unspecified atom stereocenters. The molecule has 0 spiro atoms. The topological polar surface area (TPSA) is 93.1 Å². The molecule has 0 fully saturated rings. The van der Waals surface area contributed by atoms with Crippen molar-refractivity contribution in [1.82, 2.24) is 20.4 Å². The number of hydrogen-bond donors (Lipinski definition) is 2. The monoisotopic (exact) mass is 384 g/mol. The smallest absolute Gasteiger partial charge is 0.272 e. The largest absolute Gasteiger partial charge is 0.296 e. The van der Waals surface area contributed by atoms with E-state index >= 15 is 0 Å². The van der Waals surface area contributed by atoms with Crippen molar-refractivity contribution >= 4 is 22.7 Å². The molecule has 2 amide bonds. The predicted octanol–water partition coefficient (Wildman–Crippen LogP) is 1.70. The van der Waals surface area contributed by atoms with E-state index in [1.165, 1.54) is 18.2 Å². The summed E-state index contributed by atoms with van der Waals surface area (Å²) in [6.07, 6.45) is 1.54. The van der Waals surface area contributed by atoms with Gasteiger partial charge in [0.1, 0.15) is 17.5 Å². The lowest BCUT2D eigenvalue weighted by Crippen LogP contribution is -2.42. The van der Waals surface area contributed by atoms with Crippen LogP contribution in [-0.4, -0.2) is 21.4 Å². The first-order valence-electron chi connectivity index (χ1n) is 8.53. The molecule has 7 nitrogen and oxygen atoms in total. The average Bonchev–Trinajstić information content (AvgIpc) is 3.14.